The Morgan fingerprint density at radius 2 is 1.82 bits per heavy atom. The van der Waals surface area contributed by atoms with Crippen LogP contribution in [0.2, 0.25) is 5.02 Å². The van der Waals surface area contributed by atoms with Gasteiger partial charge in [0.1, 0.15) is 5.76 Å². The Morgan fingerprint density at radius 3 is 2.54 bits per heavy atom. The minimum Gasteiger partial charge on any atom is -0.467 e. The van der Waals surface area contributed by atoms with Crippen molar-refractivity contribution in [3.8, 4) is 0 Å². The van der Waals surface area contributed by atoms with E-state index in [4.69, 9.17) is 20.8 Å². The van der Waals surface area contributed by atoms with E-state index in [0.29, 0.717) is 28.5 Å². The van der Waals surface area contributed by atoms with Crippen molar-refractivity contribution in [1.82, 2.24) is 0 Å². The normalized spacial score (nSPS) is 11.5. The van der Waals surface area contributed by atoms with Crippen molar-refractivity contribution in [2.45, 2.75) is 19.6 Å². The highest BCUT2D eigenvalue weighted by molar-refractivity contribution is 6.30. The van der Waals surface area contributed by atoms with Gasteiger partial charge in [-0.15, -0.1) is 0 Å². The fourth-order valence-electron chi connectivity index (χ4n) is 2.47. The number of ether oxygens (including phenoxy) is 1. The fraction of sp³-hybridized carbons (Fsp3) is 0.143. The summed E-state index contributed by atoms with van der Waals surface area (Å²) in [7, 11) is 0. The molecule has 1 atom stereocenters. The summed E-state index contributed by atoms with van der Waals surface area (Å²) < 4.78 is 10.6. The van der Waals surface area contributed by atoms with Gasteiger partial charge in [0.15, 0.2) is 6.10 Å². The zero-order chi connectivity index (χ0) is 19.9. The lowest BCUT2D eigenvalue weighted by atomic mass is 10.1. The second-order valence-electron chi connectivity index (χ2n) is 6.02. The third-order valence-corrected chi connectivity index (χ3v) is 4.20. The molecular formula is C21H19ClN2O4. The van der Waals surface area contributed by atoms with Gasteiger partial charge in [-0.1, -0.05) is 23.7 Å². The molecule has 0 aliphatic rings. The number of carbonyl (C=O) groups is 2. The van der Waals surface area contributed by atoms with E-state index in [0.717, 1.165) is 5.76 Å². The van der Waals surface area contributed by atoms with Gasteiger partial charge < -0.3 is 19.8 Å². The largest absolute Gasteiger partial charge is 0.467 e. The van der Waals surface area contributed by atoms with Gasteiger partial charge in [-0.3, -0.25) is 4.79 Å². The summed E-state index contributed by atoms with van der Waals surface area (Å²) in [5.41, 5.74) is 1.49. The van der Waals surface area contributed by atoms with Crippen LogP contribution < -0.4 is 10.6 Å². The van der Waals surface area contributed by atoms with Crippen LogP contribution in [0.15, 0.2) is 71.3 Å². The SMILES string of the molecule is CC(OC(=O)c1ccccc1NCc1ccco1)C(=O)Nc1ccc(Cl)cc1. The van der Waals surface area contributed by atoms with Crippen LogP contribution in [0.5, 0.6) is 0 Å². The molecule has 0 bridgehead atoms. The Bertz CT molecular complexity index is 939. The van der Waals surface area contributed by atoms with Gasteiger partial charge in [-0.05, 0) is 55.5 Å². The van der Waals surface area contributed by atoms with E-state index in [2.05, 4.69) is 10.6 Å². The summed E-state index contributed by atoms with van der Waals surface area (Å²) in [4.78, 5) is 24.8. The first kappa shape index (κ1) is 19.5. The smallest absolute Gasteiger partial charge is 0.341 e. The number of hydrogen-bond donors (Lipinski definition) is 2. The fourth-order valence-corrected chi connectivity index (χ4v) is 2.59. The maximum absolute atomic E-state index is 12.6. The molecule has 1 amide bonds. The van der Waals surface area contributed by atoms with Crippen molar-refractivity contribution < 1.29 is 18.7 Å². The quantitative estimate of drug-likeness (QED) is 0.562. The molecule has 0 spiro atoms. The third kappa shape index (κ3) is 5.14. The minimum absolute atomic E-state index is 0.334. The maximum Gasteiger partial charge on any atom is 0.341 e. The van der Waals surface area contributed by atoms with Crippen molar-refractivity contribution >= 4 is 34.9 Å². The number of rotatable bonds is 7. The molecule has 6 nitrogen and oxygen atoms in total. The summed E-state index contributed by atoms with van der Waals surface area (Å²) in [5.74, 6) is -0.295. The number of benzene rings is 2. The number of para-hydroxylation sites is 1. The van der Waals surface area contributed by atoms with Crippen molar-refractivity contribution in [1.29, 1.82) is 0 Å². The van der Waals surface area contributed by atoms with E-state index in [1.165, 1.54) is 6.92 Å². The molecule has 0 radical (unpaired) electrons. The highest BCUT2D eigenvalue weighted by Crippen LogP contribution is 2.19. The van der Waals surface area contributed by atoms with Crippen LogP contribution in [0.4, 0.5) is 11.4 Å². The van der Waals surface area contributed by atoms with Crippen LogP contribution in [0, 0.1) is 0 Å². The number of anilines is 2. The van der Waals surface area contributed by atoms with Gasteiger partial charge in [0, 0.05) is 16.4 Å². The molecule has 1 unspecified atom stereocenters. The lowest BCUT2D eigenvalue weighted by Crippen LogP contribution is -2.30. The van der Waals surface area contributed by atoms with Crippen LogP contribution in [0.25, 0.3) is 0 Å². The summed E-state index contributed by atoms with van der Waals surface area (Å²) in [6.45, 7) is 1.94. The first-order chi connectivity index (χ1) is 13.5. The Kier molecular flexibility index (Phi) is 6.34. The second kappa shape index (κ2) is 9.10. The number of carbonyl (C=O) groups excluding carboxylic acids is 2. The third-order valence-electron chi connectivity index (χ3n) is 3.94. The topological polar surface area (TPSA) is 80.6 Å². The number of halogens is 1. The Balaban J connectivity index is 1.61. The zero-order valence-corrected chi connectivity index (χ0v) is 15.9. The predicted molar refractivity (Wildman–Crippen MR) is 107 cm³/mol. The van der Waals surface area contributed by atoms with Crippen molar-refractivity contribution in [2.24, 2.45) is 0 Å². The molecule has 28 heavy (non-hydrogen) atoms. The minimum atomic E-state index is -0.971. The molecular weight excluding hydrogens is 380 g/mol. The molecule has 0 fully saturated rings. The number of nitrogens with one attached hydrogen (secondary N) is 2. The number of furan rings is 1. The van der Waals surface area contributed by atoms with Crippen LogP contribution in [0.3, 0.4) is 0 Å². The first-order valence-corrected chi connectivity index (χ1v) is 9.03. The van der Waals surface area contributed by atoms with E-state index in [-0.39, 0.29) is 0 Å². The predicted octanol–water partition coefficient (Wildman–Crippen LogP) is 4.73. The molecule has 0 saturated heterocycles. The van der Waals surface area contributed by atoms with Crippen molar-refractivity contribution in [3.63, 3.8) is 0 Å². The molecule has 0 aliphatic heterocycles. The van der Waals surface area contributed by atoms with E-state index in [1.54, 1.807) is 60.9 Å². The van der Waals surface area contributed by atoms with Gasteiger partial charge in [-0.25, -0.2) is 4.79 Å². The lowest BCUT2D eigenvalue weighted by Gasteiger charge is -2.15. The maximum atomic E-state index is 12.6. The lowest BCUT2D eigenvalue weighted by molar-refractivity contribution is -0.123. The monoisotopic (exact) mass is 398 g/mol. The summed E-state index contributed by atoms with van der Waals surface area (Å²) in [6.07, 6.45) is 0.610. The summed E-state index contributed by atoms with van der Waals surface area (Å²) in [5, 5.41) is 6.38. The van der Waals surface area contributed by atoms with Gasteiger partial charge in [-0.2, -0.15) is 0 Å². The molecule has 3 aromatic rings. The molecule has 144 valence electrons. The highest BCUT2D eigenvalue weighted by Gasteiger charge is 2.21. The number of esters is 1. The van der Waals surface area contributed by atoms with Crippen LogP contribution in [0.1, 0.15) is 23.0 Å². The summed E-state index contributed by atoms with van der Waals surface area (Å²) in [6, 6.07) is 17.2. The van der Waals surface area contributed by atoms with Crippen LogP contribution in [-0.4, -0.2) is 18.0 Å². The van der Waals surface area contributed by atoms with Gasteiger partial charge in [0.25, 0.3) is 5.91 Å². The molecule has 0 aliphatic carbocycles. The highest BCUT2D eigenvalue weighted by atomic mass is 35.5. The molecule has 2 N–H and O–H groups in total. The molecule has 7 heteroatoms. The van der Waals surface area contributed by atoms with Crippen LogP contribution in [-0.2, 0) is 16.1 Å². The molecule has 2 aromatic carbocycles. The van der Waals surface area contributed by atoms with Gasteiger partial charge >= 0.3 is 5.97 Å². The van der Waals surface area contributed by atoms with Gasteiger partial charge in [0.2, 0.25) is 0 Å². The van der Waals surface area contributed by atoms with E-state index >= 15 is 0 Å². The average molecular weight is 399 g/mol. The van der Waals surface area contributed by atoms with Crippen LogP contribution >= 0.6 is 11.6 Å². The van der Waals surface area contributed by atoms with E-state index in [1.807, 2.05) is 6.07 Å². The summed E-state index contributed by atoms with van der Waals surface area (Å²) >= 11 is 5.83. The van der Waals surface area contributed by atoms with E-state index in [9.17, 15) is 9.59 Å². The zero-order valence-electron chi connectivity index (χ0n) is 15.1. The second-order valence-corrected chi connectivity index (χ2v) is 6.46. The Labute approximate surface area is 167 Å². The first-order valence-electron chi connectivity index (χ1n) is 8.65. The van der Waals surface area contributed by atoms with E-state index < -0.39 is 18.0 Å². The Hall–Kier alpha value is -3.25. The standard InChI is InChI=1S/C21H19ClN2O4/c1-14(20(25)24-16-10-8-15(22)9-11-16)28-21(26)18-6-2-3-7-19(18)23-13-17-5-4-12-27-17/h2-12,14,23H,13H2,1H3,(H,24,25). The number of hydrogen-bond acceptors (Lipinski definition) is 5. The number of amides is 1. The Morgan fingerprint density at radius 1 is 1.07 bits per heavy atom. The van der Waals surface area contributed by atoms with Gasteiger partial charge in [0.05, 0.1) is 18.4 Å². The average Bonchev–Trinajstić information content (AvgIpc) is 3.22. The molecule has 3 rings (SSSR count). The van der Waals surface area contributed by atoms with Crippen molar-refractivity contribution in [3.05, 3.63) is 83.3 Å². The molecule has 1 aromatic heterocycles. The molecule has 0 saturated carbocycles. The molecule has 1 heterocycles. The van der Waals surface area contributed by atoms with Crippen molar-refractivity contribution in [2.75, 3.05) is 10.6 Å².